The third-order valence-corrected chi connectivity index (χ3v) is 4.64. The zero-order valence-electron chi connectivity index (χ0n) is 11.7. The van der Waals surface area contributed by atoms with Crippen molar-refractivity contribution in [3.8, 4) is 0 Å². The third kappa shape index (κ3) is 3.95. The molecule has 0 radical (unpaired) electrons. The SMILES string of the molecule is O=C(O)CC1(CN2CCCCCC2=O)CCCCC1. The molecule has 2 rings (SSSR count). The third-order valence-electron chi connectivity index (χ3n) is 4.64. The number of aliphatic carboxylic acids is 1. The Morgan fingerprint density at radius 1 is 1.11 bits per heavy atom. The topological polar surface area (TPSA) is 57.6 Å². The molecule has 1 saturated heterocycles. The lowest BCUT2D eigenvalue weighted by atomic mass is 9.71. The monoisotopic (exact) mass is 267 g/mol. The maximum absolute atomic E-state index is 12.1. The van der Waals surface area contributed by atoms with Crippen molar-refractivity contribution in [2.45, 2.75) is 64.2 Å². The highest BCUT2D eigenvalue weighted by atomic mass is 16.4. The minimum atomic E-state index is -0.718. The van der Waals surface area contributed by atoms with E-state index in [4.69, 9.17) is 0 Å². The van der Waals surface area contributed by atoms with E-state index in [2.05, 4.69) is 0 Å². The van der Waals surface area contributed by atoms with Crippen LogP contribution in [0.3, 0.4) is 0 Å². The van der Waals surface area contributed by atoms with E-state index in [0.29, 0.717) is 13.0 Å². The largest absolute Gasteiger partial charge is 0.481 e. The zero-order chi connectivity index (χ0) is 13.7. The van der Waals surface area contributed by atoms with Gasteiger partial charge in [0.25, 0.3) is 0 Å². The van der Waals surface area contributed by atoms with Gasteiger partial charge in [-0.25, -0.2) is 0 Å². The van der Waals surface area contributed by atoms with Gasteiger partial charge in [-0.1, -0.05) is 25.7 Å². The van der Waals surface area contributed by atoms with Crippen LogP contribution >= 0.6 is 0 Å². The molecule has 0 aromatic heterocycles. The van der Waals surface area contributed by atoms with Crippen LogP contribution in [0.2, 0.25) is 0 Å². The fraction of sp³-hybridized carbons (Fsp3) is 0.867. The first-order chi connectivity index (χ1) is 9.11. The number of amides is 1. The smallest absolute Gasteiger partial charge is 0.303 e. The summed E-state index contributed by atoms with van der Waals surface area (Å²) in [6.07, 6.45) is 9.37. The van der Waals surface area contributed by atoms with Gasteiger partial charge in [-0.05, 0) is 31.1 Å². The van der Waals surface area contributed by atoms with Crippen LogP contribution in [0.5, 0.6) is 0 Å². The van der Waals surface area contributed by atoms with Crippen molar-refractivity contribution in [2.75, 3.05) is 13.1 Å². The maximum Gasteiger partial charge on any atom is 0.303 e. The van der Waals surface area contributed by atoms with E-state index >= 15 is 0 Å². The summed E-state index contributed by atoms with van der Waals surface area (Å²) in [7, 11) is 0. The molecule has 0 aromatic carbocycles. The van der Waals surface area contributed by atoms with Gasteiger partial charge in [-0.3, -0.25) is 9.59 Å². The van der Waals surface area contributed by atoms with Crippen LogP contribution in [0, 0.1) is 5.41 Å². The van der Waals surface area contributed by atoms with Crippen molar-refractivity contribution in [1.29, 1.82) is 0 Å². The first kappa shape index (κ1) is 14.4. The Labute approximate surface area is 115 Å². The van der Waals surface area contributed by atoms with Crippen molar-refractivity contribution in [3.05, 3.63) is 0 Å². The van der Waals surface area contributed by atoms with E-state index in [9.17, 15) is 14.7 Å². The standard InChI is InChI=1S/C15H25NO3/c17-13-7-3-1-6-10-16(13)12-15(11-14(18)19)8-4-2-5-9-15/h1-12H2,(H,18,19). The fourth-order valence-electron chi connectivity index (χ4n) is 3.62. The van der Waals surface area contributed by atoms with E-state index in [1.165, 1.54) is 6.42 Å². The van der Waals surface area contributed by atoms with E-state index < -0.39 is 5.97 Å². The second-order valence-corrected chi connectivity index (χ2v) is 6.26. The minimum Gasteiger partial charge on any atom is -0.481 e. The lowest BCUT2D eigenvalue weighted by molar-refractivity contribution is -0.143. The summed E-state index contributed by atoms with van der Waals surface area (Å²) in [5.74, 6) is -0.489. The molecule has 108 valence electrons. The molecular weight excluding hydrogens is 242 g/mol. The highest BCUT2D eigenvalue weighted by Crippen LogP contribution is 2.40. The maximum atomic E-state index is 12.1. The molecular formula is C15H25NO3. The van der Waals surface area contributed by atoms with Crippen LogP contribution in [0.15, 0.2) is 0 Å². The van der Waals surface area contributed by atoms with Crippen LogP contribution in [0.1, 0.15) is 64.2 Å². The summed E-state index contributed by atoms with van der Waals surface area (Å²) in [4.78, 5) is 25.2. The van der Waals surface area contributed by atoms with E-state index in [0.717, 1.165) is 51.5 Å². The number of carbonyl (C=O) groups excluding carboxylic acids is 1. The Hall–Kier alpha value is -1.06. The van der Waals surface area contributed by atoms with Gasteiger partial charge < -0.3 is 10.0 Å². The fourth-order valence-corrected chi connectivity index (χ4v) is 3.62. The van der Waals surface area contributed by atoms with Gasteiger partial charge >= 0.3 is 5.97 Å². The van der Waals surface area contributed by atoms with Crippen LogP contribution in [-0.2, 0) is 9.59 Å². The van der Waals surface area contributed by atoms with Gasteiger partial charge in [0.2, 0.25) is 5.91 Å². The summed E-state index contributed by atoms with van der Waals surface area (Å²) in [5, 5.41) is 9.18. The molecule has 0 bridgehead atoms. The molecule has 1 aliphatic heterocycles. The molecule has 0 atom stereocenters. The van der Waals surface area contributed by atoms with Gasteiger partial charge in [0, 0.05) is 19.5 Å². The molecule has 1 N–H and O–H groups in total. The van der Waals surface area contributed by atoms with Gasteiger partial charge in [-0.2, -0.15) is 0 Å². The van der Waals surface area contributed by atoms with Crippen LogP contribution in [0.25, 0.3) is 0 Å². The lowest BCUT2D eigenvalue weighted by Crippen LogP contribution is -2.43. The van der Waals surface area contributed by atoms with Crippen molar-refractivity contribution >= 4 is 11.9 Å². The number of hydrogen-bond donors (Lipinski definition) is 1. The van der Waals surface area contributed by atoms with Crippen molar-refractivity contribution in [3.63, 3.8) is 0 Å². The molecule has 2 aliphatic rings. The van der Waals surface area contributed by atoms with Crippen molar-refractivity contribution in [2.24, 2.45) is 5.41 Å². The van der Waals surface area contributed by atoms with Gasteiger partial charge in [0.1, 0.15) is 0 Å². The number of carboxylic acids is 1. The first-order valence-electron chi connectivity index (χ1n) is 7.61. The summed E-state index contributed by atoms with van der Waals surface area (Å²) in [5.41, 5.74) is -0.163. The van der Waals surface area contributed by atoms with E-state index in [1.807, 2.05) is 4.90 Å². The molecule has 1 heterocycles. The molecule has 19 heavy (non-hydrogen) atoms. The van der Waals surface area contributed by atoms with E-state index in [-0.39, 0.29) is 17.7 Å². The summed E-state index contributed by atoms with van der Waals surface area (Å²) < 4.78 is 0. The van der Waals surface area contributed by atoms with Crippen LogP contribution in [0.4, 0.5) is 0 Å². The van der Waals surface area contributed by atoms with Gasteiger partial charge in [0.05, 0.1) is 6.42 Å². The van der Waals surface area contributed by atoms with Crippen LogP contribution < -0.4 is 0 Å². The molecule has 0 unspecified atom stereocenters. The number of nitrogens with zero attached hydrogens (tertiary/aromatic N) is 1. The van der Waals surface area contributed by atoms with Crippen molar-refractivity contribution < 1.29 is 14.7 Å². The van der Waals surface area contributed by atoms with Crippen LogP contribution in [-0.4, -0.2) is 35.0 Å². The minimum absolute atomic E-state index is 0.163. The molecule has 0 spiro atoms. The molecule has 4 heteroatoms. The Morgan fingerprint density at radius 3 is 2.47 bits per heavy atom. The van der Waals surface area contributed by atoms with E-state index in [1.54, 1.807) is 0 Å². The first-order valence-corrected chi connectivity index (χ1v) is 7.61. The molecule has 1 aliphatic carbocycles. The Bertz CT molecular complexity index is 334. The number of rotatable bonds is 4. The molecule has 1 amide bonds. The predicted molar refractivity (Wildman–Crippen MR) is 72.8 cm³/mol. The van der Waals surface area contributed by atoms with Crippen molar-refractivity contribution in [1.82, 2.24) is 4.90 Å². The molecule has 2 fully saturated rings. The lowest BCUT2D eigenvalue weighted by Gasteiger charge is -2.40. The predicted octanol–water partition coefficient (Wildman–Crippen LogP) is 2.81. The number of carboxylic acid groups (broad SMARTS) is 1. The average Bonchev–Trinajstić information content (AvgIpc) is 2.55. The Kier molecular flexibility index (Phi) is 4.83. The normalized spacial score (nSPS) is 24.0. The zero-order valence-corrected chi connectivity index (χ0v) is 11.7. The van der Waals surface area contributed by atoms with Gasteiger partial charge in [-0.15, -0.1) is 0 Å². The Balaban J connectivity index is 2.05. The number of hydrogen-bond acceptors (Lipinski definition) is 2. The highest BCUT2D eigenvalue weighted by Gasteiger charge is 2.37. The molecule has 0 aromatic rings. The summed E-state index contributed by atoms with van der Waals surface area (Å²) in [6.45, 7) is 1.48. The van der Waals surface area contributed by atoms with Gasteiger partial charge in [0.15, 0.2) is 0 Å². The Morgan fingerprint density at radius 2 is 1.79 bits per heavy atom. The average molecular weight is 267 g/mol. The second kappa shape index (κ2) is 6.40. The number of carbonyl (C=O) groups is 2. The number of likely N-dealkylation sites (tertiary alicyclic amines) is 1. The molecule has 4 nitrogen and oxygen atoms in total. The second-order valence-electron chi connectivity index (χ2n) is 6.26. The summed E-state index contributed by atoms with van der Waals surface area (Å²) >= 11 is 0. The quantitative estimate of drug-likeness (QED) is 0.852. The summed E-state index contributed by atoms with van der Waals surface area (Å²) in [6, 6.07) is 0. The molecule has 1 saturated carbocycles. The highest BCUT2D eigenvalue weighted by molar-refractivity contribution is 5.76.